The maximum absolute atomic E-state index is 11.4. The molecule has 0 aromatic carbocycles. The molecule has 0 atom stereocenters. The Hall–Kier alpha value is -0.620. The molecule has 100 valence electrons. The highest BCUT2D eigenvalue weighted by Crippen LogP contribution is 2.21. The first-order valence-electron chi connectivity index (χ1n) is 5.89. The second-order valence-electron chi connectivity index (χ2n) is 5.29. The molecule has 0 aromatic heterocycles. The van der Waals surface area contributed by atoms with E-state index in [0.29, 0.717) is 25.9 Å². The van der Waals surface area contributed by atoms with Crippen molar-refractivity contribution >= 4 is 15.8 Å². The van der Waals surface area contributed by atoms with Gasteiger partial charge in [0.1, 0.15) is 0 Å². The lowest BCUT2D eigenvalue weighted by Gasteiger charge is -2.25. The summed E-state index contributed by atoms with van der Waals surface area (Å²) in [6.07, 6.45) is 1.19. The van der Waals surface area contributed by atoms with Crippen molar-refractivity contribution in [2.24, 2.45) is 5.41 Å². The Bertz CT molecular complexity index is 375. The maximum atomic E-state index is 11.4. The predicted molar refractivity (Wildman–Crippen MR) is 65.7 cm³/mol. The summed E-state index contributed by atoms with van der Waals surface area (Å²) >= 11 is 0. The summed E-state index contributed by atoms with van der Waals surface area (Å²) in [4.78, 5) is 13.0. The molecule has 0 radical (unpaired) electrons. The minimum atomic E-state index is -2.88. The van der Waals surface area contributed by atoms with Gasteiger partial charge in [0.15, 0.2) is 9.84 Å². The van der Waals surface area contributed by atoms with Gasteiger partial charge >= 0.3 is 5.97 Å². The fourth-order valence-electron chi connectivity index (χ4n) is 1.76. The van der Waals surface area contributed by atoms with Crippen LogP contribution in [-0.2, 0) is 14.6 Å². The fourth-order valence-corrected chi connectivity index (χ4v) is 3.07. The average Bonchev–Trinajstić information content (AvgIpc) is 2.36. The topological polar surface area (TPSA) is 74.7 Å². The van der Waals surface area contributed by atoms with Crippen LogP contribution in [0.15, 0.2) is 0 Å². The minimum Gasteiger partial charge on any atom is -0.481 e. The van der Waals surface area contributed by atoms with Crippen LogP contribution in [0.4, 0.5) is 0 Å². The molecule has 0 aliphatic carbocycles. The highest BCUT2D eigenvalue weighted by molar-refractivity contribution is 7.91. The number of carbonyl (C=O) groups is 1. The Balaban J connectivity index is 2.46. The van der Waals surface area contributed by atoms with Gasteiger partial charge < -0.3 is 10.0 Å². The van der Waals surface area contributed by atoms with Crippen molar-refractivity contribution in [3.63, 3.8) is 0 Å². The van der Waals surface area contributed by atoms with Crippen LogP contribution in [0.3, 0.4) is 0 Å². The van der Waals surface area contributed by atoms with E-state index in [1.54, 1.807) is 13.8 Å². The second kappa shape index (κ2) is 5.35. The standard InChI is InChI=1S/C11H21NO4S/c1-11(2,10(13)14)4-6-12-5-3-8-17(15,16)9-7-12/h3-9H2,1-2H3,(H,13,14). The smallest absolute Gasteiger partial charge is 0.309 e. The number of rotatable bonds is 4. The number of hydrogen-bond donors (Lipinski definition) is 1. The number of aliphatic carboxylic acids is 1. The van der Waals surface area contributed by atoms with Crippen LogP contribution >= 0.6 is 0 Å². The zero-order valence-corrected chi connectivity index (χ0v) is 11.3. The van der Waals surface area contributed by atoms with Crippen molar-refractivity contribution < 1.29 is 18.3 Å². The minimum absolute atomic E-state index is 0.195. The first-order valence-corrected chi connectivity index (χ1v) is 7.71. The van der Waals surface area contributed by atoms with Crippen LogP contribution in [0, 0.1) is 5.41 Å². The summed E-state index contributed by atoms with van der Waals surface area (Å²) in [7, 11) is -2.88. The number of hydrogen-bond acceptors (Lipinski definition) is 4. The van der Waals surface area contributed by atoms with E-state index < -0.39 is 21.2 Å². The van der Waals surface area contributed by atoms with Crippen LogP contribution in [0.1, 0.15) is 26.7 Å². The predicted octanol–water partition coefficient (Wildman–Crippen LogP) is 0.608. The SMILES string of the molecule is CC(C)(CCN1CCCS(=O)(=O)CC1)C(=O)O. The van der Waals surface area contributed by atoms with E-state index >= 15 is 0 Å². The highest BCUT2D eigenvalue weighted by Gasteiger charge is 2.28. The molecule has 6 heteroatoms. The van der Waals surface area contributed by atoms with Gasteiger partial charge in [-0.15, -0.1) is 0 Å². The summed E-state index contributed by atoms with van der Waals surface area (Å²) in [6, 6.07) is 0. The molecule has 0 saturated carbocycles. The molecule has 0 spiro atoms. The van der Waals surface area contributed by atoms with E-state index in [9.17, 15) is 13.2 Å². The third-order valence-electron chi connectivity index (χ3n) is 3.28. The van der Waals surface area contributed by atoms with E-state index in [4.69, 9.17) is 5.11 Å². The fraction of sp³-hybridized carbons (Fsp3) is 0.909. The Morgan fingerprint density at radius 2 is 1.94 bits per heavy atom. The molecule has 1 rings (SSSR count). The van der Waals surface area contributed by atoms with Crippen molar-refractivity contribution in [2.45, 2.75) is 26.7 Å². The Morgan fingerprint density at radius 1 is 1.29 bits per heavy atom. The molecule has 1 fully saturated rings. The molecular weight excluding hydrogens is 242 g/mol. The molecule has 1 saturated heterocycles. The zero-order valence-electron chi connectivity index (χ0n) is 10.5. The lowest BCUT2D eigenvalue weighted by atomic mass is 9.89. The highest BCUT2D eigenvalue weighted by atomic mass is 32.2. The summed E-state index contributed by atoms with van der Waals surface area (Å²) in [6.45, 7) is 5.32. The number of sulfone groups is 1. The monoisotopic (exact) mass is 263 g/mol. The van der Waals surface area contributed by atoms with Gasteiger partial charge in [0.05, 0.1) is 16.9 Å². The van der Waals surface area contributed by atoms with E-state index in [0.717, 1.165) is 6.54 Å². The van der Waals surface area contributed by atoms with E-state index in [-0.39, 0.29) is 11.5 Å². The largest absolute Gasteiger partial charge is 0.481 e. The molecule has 0 unspecified atom stereocenters. The van der Waals surface area contributed by atoms with Crippen LogP contribution in [0.5, 0.6) is 0 Å². The van der Waals surface area contributed by atoms with Crippen LogP contribution < -0.4 is 0 Å². The van der Waals surface area contributed by atoms with Gasteiger partial charge in [0.25, 0.3) is 0 Å². The molecule has 1 aliphatic heterocycles. The van der Waals surface area contributed by atoms with Crippen molar-refractivity contribution in [2.75, 3.05) is 31.1 Å². The third-order valence-corrected chi connectivity index (χ3v) is 5.00. The summed E-state index contributed by atoms with van der Waals surface area (Å²) in [5.74, 6) is -0.355. The van der Waals surface area contributed by atoms with Crippen molar-refractivity contribution in [3.8, 4) is 0 Å². The quantitative estimate of drug-likeness (QED) is 0.804. The molecule has 1 N–H and O–H groups in total. The summed E-state index contributed by atoms with van der Waals surface area (Å²) in [5.41, 5.74) is -0.745. The van der Waals surface area contributed by atoms with Crippen LogP contribution in [-0.4, -0.2) is 55.5 Å². The first-order chi connectivity index (χ1) is 7.73. The summed E-state index contributed by atoms with van der Waals surface area (Å²) in [5, 5.41) is 8.99. The van der Waals surface area contributed by atoms with Gasteiger partial charge in [-0.05, 0) is 39.8 Å². The van der Waals surface area contributed by atoms with Crippen molar-refractivity contribution in [3.05, 3.63) is 0 Å². The van der Waals surface area contributed by atoms with Crippen molar-refractivity contribution in [1.82, 2.24) is 4.90 Å². The molecule has 0 amide bonds. The summed E-state index contributed by atoms with van der Waals surface area (Å²) < 4.78 is 22.8. The lowest BCUT2D eigenvalue weighted by molar-refractivity contribution is -0.147. The van der Waals surface area contributed by atoms with E-state index in [1.165, 1.54) is 0 Å². The third kappa shape index (κ3) is 4.63. The molecule has 5 nitrogen and oxygen atoms in total. The van der Waals surface area contributed by atoms with Gasteiger partial charge in [-0.2, -0.15) is 0 Å². The van der Waals surface area contributed by atoms with Crippen LogP contribution in [0.25, 0.3) is 0 Å². The van der Waals surface area contributed by atoms with E-state index in [2.05, 4.69) is 4.90 Å². The van der Waals surface area contributed by atoms with Crippen molar-refractivity contribution in [1.29, 1.82) is 0 Å². The Kier molecular flexibility index (Phi) is 4.55. The van der Waals surface area contributed by atoms with E-state index in [1.807, 2.05) is 0 Å². The molecule has 17 heavy (non-hydrogen) atoms. The molecule has 0 aromatic rings. The maximum Gasteiger partial charge on any atom is 0.309 e. The van der Waals surface area contributed by atoms with Gasteiger partial charge in [0, 0.05) is 6.54 Å². The van der Waals surface area contributed by atoms with Gasteiger partial charge in [-0.3, -0.25) is 4.79 Å². The second-order valence-corrected chi connectivity index (χ2v) is 7.59. The molecule has 0 bridgehead atoms. The molecule has 1 heterocycles. The molecular formula is C11H21NO4S. The molecule has 1 aliphatic rings. The van der Waals surface area contributed by atoms with Gasteiger partial charge in [0.2, 0.25) is 0 Å². The lowest BCUT2D eigenvalue weighted by Crippen LogP contribution is -2.33. The van der Waals surface area contributed by atoms with Gasteiger partial charge in [-0.25, -0.2) is 8.42 Å². The number of nitrogens with zero attached hydrogens (tertiary/aromatic N) is 1. The first kappa shape index (κ1) is 14.4. The zero-order chi connectivity index (χ0) is 13.1. The Morgan fingerprint density at radius 3 is 2.53 bits per heavy atom. The van der Waals surface area contributed by atoms with Gasteiger partial charge in [-0.1, -0.05) is 0 Å². The normalized spacial score (nSPS) is 22.0. The number of carboxylic acid groups (broad SMARTS) is 1. The van der Waals surface area contributed by atoms with Crippen LogP contribution in [0.2, 0.25) is 0 Å². The number of carboxylic acids is 1. The average molecular weight is 263 g/mol. The Labute approximate surface area is 103 Å².